The number of aryl methyl sites for hydroxylation is 1. The van der Waals surface area contributed by atoms with Gasteiger partial charge < -0.3 is 9.88 Å². The van der Waals surface area contributed by atoms with E-state index in [9.17, 15) is 4.79 Å². The van der Waals surface area contributed by atoms with Crippen molar-refractivity contribution in [3.63, 3.8) is 0 Å². The van der Waals surface area contributed by atoms with Crippen LogP contribution in [0, 0.1) is 5.82 Å². The molecular formula is C25H21ClFN3O. The van der Waals surface area contributed by atoms with Crippen molar-refractivity contribution in [3.8, 4) is 0 Å². The lowest BCUT2D eigenvalue weighted by molar-refractivity contribution is -0.133. The average Bonchev–Trinajstić information content (AvgIpc) is 3.17. The smallest absolute Gasteiger partial charge is 0.223 e. The minimum Gasteiger partial charge on any atom is -0.356 e. The fourth-order valence-corrected chi connectivity index (χ4v) is 4.77. The van der Waals surface area contributed by atoms with E-state index >= 15 is 4.39 Å². The third-order valence-corrected chi connectivity index (χ3v) is 6.28. The second-order valence-electron chi connectivity index (χ2n) is 7.76. The third kappa shape index (κ3) is 3.59. The van der Waals surface area contributed by atoms with Crippen molar-refractivity contribution in [1.29, 1.82) is 0 Å². The van der Waals surface area contributed by atoms with Crippen LogP contribution in [0.2, 0.25) is 5.02 Å². The quantitative estimate of drug-likeness (QED) is 0.464. The molecule has 1 N–H and O–H groups in total. The van der Waals surface area contributed by atoms with Crippen LogP contribution in [0.1, 0.15) is 35.0 Å². The summed E-state index contributed by atoms with van der Waals surface area (Å²) in [7, 11) is 0. The summed E-state index contributed by atoms with van der Waals surface area (Å²) in [5.41, 5.74) is 4.13. The van der Waals surface area contributed by atoms with Gasteiger partial charge in [0, 0.05) is 52.0 Å². The minimum absolute atomic E-state index is 0.0423. The first-order valence-corrected chi connectivity index (χ1v) is 10.7. The Morgan fingerprint density at radius 1 is 1.13 bits per heavy atom. The maximum absolute atomic E-state index is 15.0. The molecule has 6 heteroatoms. The normalized spacial score (nSPS) is 15.8. The first kappa shape index (κ1) is 19.8. The van der Waals surface area contributed by atoms with Crippen LogP contribution in [0.25, 0.3) is 10.9 Å². The number of nitrogens with one attached hydrogen (secondary N) is 1. The Morgan fingerprint density at radius 2 is 1.97 bits per heavy atom. The van der Waals surface area contributed by atoms with Crippen LogP contribution in [0.3, 0.4) is 0 Å². The number of hydrogen-bond acceptors (Lipinski definition) is 2. The number of aromatic amines is 1. The van der Waals surface area contributed by atoms with E-state index in [0.29, 0.717) is 36.4 Å². The SMILES string of the molecule is O=C(CCc1ccccn1)N1CCc2c([nH]c3ccccc23)[C@H]1c1c(F)cccc1Cl. The van der Waals surface area contributed by atoms with Crippen LogP contribution in [0.4, 0.5) is 4.39 Å². The molecule has 0 saturated heterocycles. The van der Waals surface area contributed by atoms with E-state index in [0.717, 1.165) is 27.9 Å². The minimum atomic E-state index is -0.596. The molecule has 4 aromatic rings. The van der Waals surface area contributed by atoms with Gasteiger partial charge in [-0.1, -0.05) is 41.9 Å². The highest BCUT2D eigenvalue weighted by Crippen LogP contribution is 2.41. The van der Waals surface area contributed by atoms with Crippen LogP contribution in [-0.2, 0) is 17.6 Å². The summed E-state index contributed by atoms with van der Waals surface area (Å²) in [5.74, 6) is -0.453. The van der Waals surface area contributed by atoms with Gasteiger partial charge in [-0.15, -0.1) is 0 Å². The Kier molecular flexibility index (Phi) is 5.20. The molecule has 1 amide bonds. The lowest BCUT2D eigenvalue weighted by Gasteiger charge is -2.37. The van der Waals surface area contributed by atoms with Gasteiger partial charge >= 0.3 is 0 Å². The maximum Gasteiger partial charge on any atom is 0.223 e. The summed E-state index contributed by atoms with van der Waals surface area (Å²) in [6.07, 6.45) is 3.26. The predicted molar refractivity (Wildman–Crippen MR) is 120 cm³/mol. The Hall–Kier alpha value is -3.18. The van der Waals surface area contributed by atoms with Crippen LogP contribution in [0.15, 0.2) is 66.9 Å². The molecule has 3 heterocycles. The lowest BCUT2D eigenvalue weighted by Crippen LogP contribution is -2.41. The highest BCUT2D eigenvalue weighted by molar-refractivity contribution is 6.31. The number of aromatic nitrogens is 2. The van der Waals surface area contributed by atoms with Crippen LogP contribution < -0.4 is 0 Å². The Balaban J connectivity index is 1.57. The Labute approximate surface area is 184 Å². The van der Waals surface area contributed by atoms with E-state index in [2.05, 4.69) is 16.0 Å². The molecular weight excluding hydrogens is 413 g/mol. The number of pyridine rings is 1. The lowest BCUT2D eigenvalue weighted by atomic mass is 9.91. The van der Waals surface area contributed by atoms with E-state index in [4.69, 9.17) is 11.6 Å². The largest absolute Gasteiger partial charge is 0.356 e. The number of fused-ring (bicyclic) bond motifs is 3. The second kappa shape index (κ2) is 8.16. The van der Waals surface area contributed by atoms with Crippen molar-refractivity contribution in [2.75, 3.05) is 6.54 Å². The van der Waals surface area contributed by atoms with Crippen LogP contribution in [-0.4, -0.2) is 27.3 Å². The van der Waals surface area contributed by atoms with Gasteiger partial charge in [0.25, 0.3) is 0 Å². The number of rotatable bonds is 4. The number of H-pyrrole nitrogens is 1. The topological polar surface area (TPSA) is 49.0 Å². The van der Waals surface area contributed by atoms with Crippen LogP contribution >= 0.6 is 11.6 Å². The van der Waals surface area contributed by atoms with Crippen molar-refractivity contribution < 1.29 is 9.18 Å². The number of nitrogens with zero attached hydrogens (tertiary/aromatic N) is 2. The Morgan fingerprint density at radius 3 is 2.77 bits per heavy atom. The summed E-state index contributed by atoms with van der Waals surface area (Å²) >= 11 is 6.47. The summed E-state index contributed by atoms with van der Waals surface area (Å²) in [6.45, 7) is 0.505. The van der Waals surface area contributed by atoms with Gasteiger partial charge in [0.05, 0.1) is 0 Å². The molecule has 4 nitrogen and oxygen atoms in total. The van der Waals surface area contributed by atoms with Crippen molar-refractivity contribution in [3.05, 3.63) is 100 Å². The molecule has 0 unspecified atom stereocenters. The van der Waals surface area contributed by atoms with Gasteiger partial charge in [0.2, 0.25) is 5.91 Å². The van der Waals surface area contributed by atoms with Gasteiger partial charge in [-0.25, -0.2) is 4.39 Å². The average molecular weight is 434 g/mol. The number of carbonyl (C=O) groups excluding carboxylic acids is 1. The van der Waals surface area contributed by atoms with Gasteiger partial charge in [-0.3, -0.25) is 9.78 Å². The van der Waals surface area contributed by atoms with Crippen molar-refractivity contribution in [2.24, 2.45) is 0 Å². The van der Waals surface area contributed by atoms with E-state index in [1.165, 1.54) is 6.07 Å². The molecule has 1 atom stereocenters. The zero-order valence-electron chi connectivity index (χ0n) is 16.8. The summed E-state index contributed by atoms with van der Waals surface area (Å²) in [5, 5.41) is 1.43. The maximum atomic E-state index is 15.0. The van der Waals surface area contributed by atoms with Gasteiger partial charge in [-0.2, -0.15) is 0 Å². The summed E-state index contributed by atoms with van der Waals surface area (Å²) < 4.78 is 15.0. The Bertz CT molecular complexity index is 1230. The standard InChI is InChI=1S/C25H21ClFN3O/c26-19-8-5-9-20(27)23(19)25-24-18(17-7-1-2-10-21(17)29-24)13-15-30(25)22(31)12-11-16-6-3-4-14-28-16/h1-10,14,25,29H,11-13,15H2/t25-/m1/s1. The van der Waals surface area contributed by atoms with Crippen molar-refractivity contribution in [1.82, 2.24) is 14.9 Å². The zero-order valence-corrected chi connectivity index (χ0v) is 17.6. The molecule has 0 bridgehead atoms. The highest BCUT2D eigenvalue weighted by Gasteiger charge is 2.36. The molecule has 5 rings (SSSR count). The molecule has 2 aromatic carbocycles. The van der Waals surface area contributed by atoms with E-state index in [1.807, 2.05) is 36.4 Å². The van der Waals surface area contributed by atoms with Gasteiger partial charge in [-0.05, 0) is 48.7 Å². The van der Waals surface area contributed by atoms with Gasteiger partial charge in [0.1, 0.15) is 11.9 Å². The van der Waals surface area contributed by atoms with Crippen molar-refractivity contribution >= 4 is 28.4 Å². The summed E-state index contributed by atoms with van der Waals surface area (Å²) in [6, 6.07) is 17.7. The fourth-order valence-electron chi connectivity index (χ4n) is 4.51. The van der Waals surface area contributed by atoms with E-state index < -0.39 is 11.9 Å². The van der Waals surface area contributed by atoms with E-state index in [-0.39, 0.29) is 5.91 Å². The molecule has 2 aromatic heterocycles. The molecule has 1 aliphatic rings. The highest BCUT2D eigenvalue weighted by atomic mass is 35.5. The second-order valence-corrected chi connectivity index (χ2v) is 8.17. The number of amides is 1. The number of halogens is 2. The summed E-state index contributed by atoms with van der Waals surface area (Å²) in [4.78, 5) is 22.8. The number of carbonyl (C=O) groups is 1. The van der Waals surface area contributed by atoms with Crippen molar-refractivity contribution in [2.45, 2.75) is 25.3 Å². The predicted octanol–water partition coefficient (Wildman–Crippen LogP) is 5.46. The molecule has 1 aliphatic heterocycles. The number of para-hydroxylation sites is 1. The molecule has 0 spiro atoms. The molecule has 0 fully saturated rings. The zero-order chi connectivity index (χ0) is 21.4. The first-order valence-electron chi connectivity index (χ1n) is 10.4. The number of benzene rings is 2. The first-order chi connectivity index (χ1) is 15.1. The molecule has 156 valence electrons. The molecule has 0 saturated carbocycles. The molecule has 31 heavy (non-hydrogen) atoms. The van der Waals surface area contributed by atoms with Gasteiger partial charge in [0.15, 0.2) is 0 Å². The molecule has 0 radical (unpaired) electrons. The number of hydrogen-bond donors (Lipinski definition) is 1. The van der Waals surface area contributed by atoms with Crippen LogP contribution in [0.5, 0.6) is 0 Å². The third-order valence-electron chi connectivity index (χ3n) is 5.95. The molecule has 0 aliphatic carbocycles. The van der Waals surface area contributed by atoms with E-state index in [1.54, 1.807) is 23.2 Å². The fraction of sp³-hybridized carbons (Fsp3) is 0.200. The monoisotopic (exact) mass is 433 g/mol.